The Labute approximate surface area is 173 Å². The van der Waals surface area contributed by atoms with Crippen molar-refractivity contribution in [2.75, 3.05) is 5.73 Å². The summed E-state index contributed by atoms with van der Waals surface area (Å²) in [4.78, 5) is 34.3. The van der Waals surface area contributed by atoms with Gasteiger partial charge in [0, 0.05) is 29.5 Å². The monoisotopic (exact) mass is 399 g/mol. The van der Waals surface area contributed by atoms with Crippen LogP contribution in [0.5, 0.6) is 0 Å². The molecule has 0 saturated carbocycles. The Morgan fingerprint density at radius 3 is 2.57 bits per heavy atom. The van der Waals surface area contributed by atoms with Crippen LogP contribution in [0, 0.1) is 13.8 Å². The molecule has 1 amide bonds. The van der Waals surface area contributed by atoms with E-state index in [4.69, 9.17) is 10.7 Å². The average Bonchev–Trinajstić information content (AvgIpc) is 2.76. The van der Waals surface area contributed by atoms with Crippen LogP contribution in [-0.2, 0) is 0 Å². The Morgan fingerprint density at radius 1 is 1.10 bits per heavy atom. The lowest BCUT2D eigenvalue weighted by Gasteiger charge is -2.16. The molecule has 3 heterocycles. The van der Waals surface area contributed by atoms with Crippen molar-refractivity contribution >= 4 is 22.8 Å². The average molecular weight is 399 g/mol. The first-order valence-electron chi connectivity index (χ1n) is 9.49. The zero-order valence-electron chi connectivity index (χ0n) is 16.9. The third-order valence-electron chi connectivity index (χ3n) is 5.11. The van der Waals surface area contributed by atoms with Crippen LogP contribution in [0.15, 0.2) is 49.2 Å². The van der Waals surface area contributed by atoms with Gasteiger partial charge < -0.3 is 11.1 Å². The maximum atomic E-state index is 13.2. The molecule has 0 unspecified atom stereocenters. The van der Waals surface area contributed by atoms with Crippen molar-refractivity contribution in [1.29, 1.82) is 0 Å². The first-order valence-corrected chi connectivity index (χ1v) is 9.49. The highest BCUT2D eigenvalue weighted by Crippen LogP contribution is 2.28. The lowest BCUT2D eigenvalue weighted by atomic mass is 9.99. The number of amides is 1. The molecular weight excluding hydrogens is 378 g/mol. The minimum Gasteiger partial charge on any atom is -0.368 e. The van der Waals surface area contributed by atoms with Crippen molar-refractivity contribution in [3.8, 4) is 11.3 Å². The van der Waals surface area contributed by atoms with Gasteiger partial charge in [0.2, 0.25) is 5.95 Å². The van der Waals surface area contributed by atoms with Crippen LogP contribution in [0.1, 0.15) is 40.1 Å². The van der Waals surface area contributed by atoms with Crippen LogP contribution >= 0.6 is 0 Å². The molecular formula is C22H21N7O. The Bertz CT molecular complexity index is 1220. The fraction of sp³-hybridized carbons (Fsp3) is 0.182. The lowest BCUT2D eigenvalue weighted by molar-refractivity contribution is 0.0940. The van der Waals surface area contributed by atoms with Gasteiger partial charge in [0.15, 0.2) is 0 Å². The van der Waals surface area contributed by atoms with Crippen LogP contribution in [0.25, 0.3) is 22.2 Å². The second-order valence-corrected chi connectivity index (χ2v) is 7.12. The largest absolute Gasteiger partial charge is 0.368 e. The van der Waals surface area contributed by atoms with Gasteiger partial charge in [-0.25, -0.2) is 24.9 Å². The number of carbonyl (C=O) groups excluding carboxylic acids is 1. The minimum atomic E-state index is -0.279. The molecule has 0 aliphatic heterocycles. The van der Waals surface area contributed by atoms with E-state index in [9.17, 15) is 4.79 Å². The van der Waals surface area contributed by atoms with Gasteiger partial charge in [-0.05, 0) is 44.0 Å². The van der Waals surface area contributed by atoms with Gasteiger partial charge in [0.1, 0.15) is 6.33 Å². The summed E-state index contributed by atoms with van der Waals surface area (Å²) in [7, 11) is 0. The molecule has 8 nitrogen and oxygen atoms in total. The number of aromatic nitrogens is 5. The molecule has 0 saturated heterocycles. The minimum absolute atomic E-state index is 0.184. The van der Waals surface area contributed by atoms with Gasteiger partial charge in [-0.1, -0.05) is 12.1 Å². The molecule has 0 radical (unpaired) electrons. The van der Waals surface area contributed by atoms with Gasteiger partial charge in [-0.2, -0.15) is 0 Å². The Hall–Kier alpha value is -3.94. The number of nitrogens with two attached hydrogens (primary N) is 1. The van der Waals surface area contributed by atoms with Crippen LogP contribution in [0.4, 0.5) is 5.95 Å². The van der Waals surface area contributed by atoms with E-state index in [0.717, 1.165) is 27.7 Å². The van der Waals surface area contributed by atoms with E-state index in [1.54, 1.807) is 30.7 Å². The summed E-state index contributed by atoms with van der Waals surface area (Å²) < 4.78 is 0. The van der Waals surface area contributed by atoms with Gasteiger partial charge >= 0.3 is 0 Å². The first kappa shape index (κ1) is 19.4. The van der Waals surface area contributed by atoms with E-state index in [-0.39, 0.29) is 17.9 Å². The third kappa shape index (κ3) is 3.67. The number of carbonyl (C=O) groups is 1. The van der Waals surface area contributed by atoms with E-state index in [1.807, 2.05) is 32.9 Å². The number of hydrogen-bond acceptors (Lipinski definition) is 7. The SMILES string of the molecule is Cc1ccc2c(C(=O)N[C@H](C)c3ccncn3)cc(-c3cnc(N)nc3)nc2c1C. The van der Waals surface area contributed by atoms with Crippen LogP contribution in [-0.4, -0.2) is 30.8 Å². The molecule has 0 spiro atoms. The second kappa shape index (κ2) is 7.82. The highest BCUT2D eigenvalue weighted by Gasteiger charge is 2.18. The summed E-state index contributed by atoms with van der Waals surface area (Å²) in [6, 6.07) is 7.18. The second-order valence-electron chi connectivity index (χ2n) is 7.12. The zero-order valence-corrected chi connectivity index (χ0v) is 16.9. The van der Waals surface area contributed by atoms with Crippen LogP contribution < -0.4 is 11.1 Å². The lowest BCUT2D eigenvalue weighted by Crippen LogP contribution is -2.27. The number of anilines is 1. The van der Waals surface area contributed by atoms with Gasteiger partial charge in [0.25, 0.3) is 5.91 Å². The number of fused-ring (bicyclic) bond motifs is 1. The maximum Gasteiger partial charge on any atom is 0.252 e. The smallest absolute Gasteiger partial charge is 0.252 e. The molecule has 0 fully saturated rings. The number of rotatable bonds is 4. The standard InChI is InChI=1S/C22H21N7O/c1-12-4-5-16-17(21(30)28-14(3)18-6-7-24-11-27-18)8-19(29-20(16)13(12)2)15-9-25-22(23)26-10-15/h4-11,14H,1-3H3,(H,28,30)(H2,23,25,26)/t14-/m1/s1. The van der Waals surface area contributed by atoms with E-state index < -0.39 is 0 Å². The molecule has 8 heteroatoms. The number of aryl methyl sites for hydroxylation is 2. The number of benzene rings is 1. The molecule has 30 heavy (non-hydrogen) atoms. The normalized spacial score (nSPS) is 12.0. The van der Waals surface area contributed by atoms with E-state index in [2.05, 4.69) is 25.3 Å². The van der Waals surface area contributed by atoms with Crippen molar-refractivity contribution in [2.24, 2.45) is 0 Å². The summed E-state index contributed by atoms with van der Waals surface area (Å²) in [5.74, 6) is -0.0300. The van der Waals surface area contributed by atoms with E-state index in [1.165, 1.54) is 6.33 Å². The molecule has 4 rings (SSSR count). The summed E-state index contributed by atoms with van der Waals surface area (Å²) in [5.41, 5.74) is 11.0. The molecule has 0 aliphatic rings. The van der Waals surface area contributed by atoms with Crippen molar-refractivity contribution in [2.45, 2.75) is 26.8 Å². The van der Waals surface area contributed by atoms with Gasteiger partial charge in [-0.3, -0.25) is 4.79 Å². The number of pyridine rings is 1. The van der Waals surface area contributed by atoms with Gasteiger partial charge in [0.05, 0.1) is 28.5 Å². The van der Waals surface area contributed by atoms with Crippen LogP contribution in [0.2, 0.25) is 0 Å². The van der Waals surface area contributed by atoms with Crippen molar-refractivity contribution in [3.63, 3.8) is 0 Å². The maximum absolute atomic E-state index is 13.2. The first-order chi connectivity index (χ1) is 14.4. The fourth-order valence-corrected chi connectivity index (χ4v) is 3.24. The quantitative estimate of drug-likeness (QED) is 0.541. The van der Waals surface area contributed by atoms with E-state index >= 15 is 0 Å². The Morgan fingerprint density at radius 2 is 1.87 bits per heavy atom. The summed E-state index contributed by atoms with van der Waals surface area (Å²) in [5, 5.41) is 3.80. The number of nitrogens with zero attached hydrogens (tertiary/aromatic N) is 5. The molecule has 3 N–H and O–H groups in total. The Balaban J connectivity index is 1.82. The highest BCUT2D eigenvalue weighted by atomic mass is 16.1. The van der Waals surface area contributed by atoms with E-state index in [0.29, 0.717) is 16.8 Å². The molecule has 150 valence electrons. The molecule has 0 aliphatic carbocycles. The molecule has 1 atom stereocenters. The van der Waals surface area contributed by atoms with Crippen molar-refractivity contribution in [1.82, 2.24) is 30.2 Å². The predicted octanol–water partition coefficient (Wildman–Crippen LogP) is 3.17. The van der Waals surface area contributed by atoms with Crippen molar-refractivity contribution < 1.29 is 4.79 Å². The number of nitrogen functional groups attached to an aromatic ring is 1. The number of nitrogens with one attached hydrogen (secondary N) is 1. The van der Waals surface area contributed by atoms with Crippen molar-refractivity contribution in [3.05, 3.63) is 71.6 Å². The molecule has 1 aromatic carbocycles. The highest BCUT2D eigenvalue weighted by molar-refractivity contribution is 6.08. The topological polar surface area (TPSA) is 120 Å². The summed E-state index contributed by atoms with van der Waals surface area (Å²) in [6.45, 7) is 5.90. The molecule has 0 bridgehead atoms. The molecule has 3 aromatic heterocycles. The predicted molar refractivity (Wildman–Crippen MR) is 115 cm³/mol. The summed E-state index contributed by atoms with van der Waals surface area (Å²) in [6.07, 6.45) is 6.32. The molecule has 4 aromatic rings. The Kier molecular flexibility index (Phi) is 5.05. The fourth-order valence-electron chi connectivity index (χ4n) is 3.24. The van der Waals surface area contributed by atoms with Gasteiger partial charge in [-0.15, -0.1) is 0 Å². The third-order valence-corrected chi connectivity index (χ3v) is 5.11. The van der Waals surface area contributed by atoms with Crippen LogP contribution in [0.3, 0.4) is 0 Å². The summed E-state index contributed by atoms with van der Waals surface area (Å²) >= 11 is 0. The number of hydrogen-bond donors (Lipinski definition) is 2. The zero-order chi connectivity index (χ0) is 21.3.